The van der Waals surface area contributed by atoms with E-state index in [1.165, 1.54) is 0 Å². The van der Waals surface area contributed by atoms with Crippen molar-refractivity contribution in [2.24, 2.45) is 7.05 Å². The quantitative estimate of drug-likeness (QED) is 0.535. The van der Waals surface area contributed by atoms with Crippen molar-refractivity contribution < 1.29 is 4.79 Å². The zero-order valence-corrected chi connectivity index (χ0v) is 16.9. The lowest BCUT2D eigenvalue weighted by Crippen LogP contribution is -2.29. The number of hydrogen-bond donors (Lipinski definition) is 1. The second kappa shape index (κ2) is 6.86. The van der Waals surface area contributed by atoms with E-state index >= 15 is 0 Å². The third-order valence-corrected chi connectivity index (χ3v) is 5.93. The largest absolute Gasteiger partial charge is 0.327 e. The molecule has 29 heavy (non-hydrogen) atoms. The summed E-state index contributed by atoms with van der Waals surface area (Å²) >= 11 is 12.6. The maximum absolute atomic E-state index is 13.2. The number of nitrogens with zero attached hydrogens (tertiary/aromatic N) is 5. The lowest BCUT2D eigenvalue weighted by molar-refractivity contribution is 0.0708. The van der Waals surface area contributed by atoms with E-state index in [1.807, 2.05) is 36.2 Å². The molecule has 1 aliphatic rings. The van der Waals surface area contributed by atoms with E-state index < -0.39 is 0 Å². The molecular formula is C20H16Cl2N6O. The predicted octanol–water partition coefficient (Wildman–Crippen LogP) is 3.94. The normalized spacial score (nSPS) is 16.0. The van der Waals surface area contributed by atoms with Crippen LogP contribution in [0.4, 0.5) is 0 Å². The van der Waals surface area contributed by atoms with Crippen molar-refractivity contribution in [3.05, 3.63) is 75.0 Å². The van der Waals surface area contributed by atoms with Crippen molar-refractivity contribution in [2.45, 2.75) is 19.0 Å². The number of carbonyl (C=O) groups is 1. The van der Waals surface area contributed by atoms with Crippen LogP contribution < -0.4 is 0 Å². The summed E-state index contributed by atoms with van der Waals surface area (Å²) in [5.74, 6) is -0.0276. The highest BCUT2D eigenvalue weighted by Crippen LogP contribution is 2.39. The first-order valence-electron chi connectivity index (χ1n) is 9.08. The lowest BCUT2D eigenvalue weighted by Gasteiger charge is -2.26. The summed E-state index contributed by atoms with van der Waals surface area (Å²) in [7, 11) is 1.85. The van der Waals surface area contributed by atoms with Crippen molar-refractivity contribution in [3.8, 4) is 0 Å². The minimum Gasteiger partial charge on any atom is -0.327 e. The fraction of sp³-hybridized carbons (Fsp3) is 0.200. The molecule has 0 saturated heterocycles. The summed E-state index contributed by atoms with van der Waals surface area (Å²) in [5.41, 5.74) is 5.03. The average Bonchev–Trinajstić information content (AvgIpc) is 3.36. The first-order chi connectivity index (χ1) is 14.0. The smallest absolute Gasteiger partial charge is 0.255 e. The van der Waals surface area contributed by atoms with E-state index in [9.17, 15) is 4.79 Å². The molecule has 1 amide bonds. The van der Waals surface area contributed by atoms with Crippen molar-refractivity contribution in [2.75, 3.05) is 0 Å². The number of benzene rings is 2. The number of rotatable bonds is 4. The molecule has 0 fully saturated rings. The second-order valence-electron chi connectivity index (χ2n) is 7.11. The Balaban J connectivity index is 1.55. The number of fused-ring (bicyclic) bond motifs is 2. The molecule has 2 aromatic carbocycles. The lowest BCUT2D eigenvalue weighted by atomic mass is 10.0. The topological polar surface area (TPSA) is 79.7 Å². The van der Waals surface area contributed by atoms with Crippen molar-refractivity contribution in [1.29, 1.82) is 0 Å². The Morgan fingerprint density at radius 3 is 2.83 bits per heavy atom. The fourth-order valence-electron chi connectivity index (χ4n) is 3.90. The molecule has 1 N–H and O–H groups in total. The Morgan fingerprint density at radius 1 is 1.17 bits per heavy atom. The number of hydrogen-bond acceptors (Lipinski definition) is 4. The fourth-order valence-corrected chi connectivity index (χ4v) is 4.33. The van der Waals surface area contributed by atoms with Gasteiger partial charge in [0.1, 0.15) is 5.52 Å². The molecule has 9 heteroatoms. The minimum atomic E-state index is -0.197. The highest BCUT2D eigenvalue weighted by Gasteiger charge is 2.37. The number of H-pyrrole nitrogens is 1. The molecule has 146 valence electrons. The molecule has 3 heterocycles. The third kappa shape index (κ3) is 3.07. The molecule has 0 bridgehead atoms. The number of carbonyl (C=O) groups excluding carboxylic acids is 1. The second-order valence-corrected chi connectivity index (χ2v) is 7.95. The van der Waals surface area contributed by atoms with Gasteiger partial charge in [0.15, 0.2) is 0 Å². The number of amides is 1. The maximum Gasteiger partial charge on any atom is 0.255 e. The summed E-state index contributed by atoms with van der Waals surface area (Å²) in [4.78, 5) is 15.1. The zero-order chi connectivity index (χ0) is 20.1. The zero-order valence-electron chi connectivity index (χ0n) is 15.4. The van der Waals surface area contributed by atoms with Crippen LogP contribution >= 0.6 is 23.2 Å². The van der Waals surface area contributed by atoms with Gasteiger partial charge in [-0.2, -0.15) is 5.10 Å². The molecule has 1 aliphatic heterocycles. The summed E-state index contributed by atoms with van der Waals surface area (Å²) < 4.78 is 1.75. The van der Waals surface area contributed by atoms with E-state index in [4.69, 9.17) is 23.2 Å². The Labute approximate surface area is 176 Å². The summed E-state index contributed by atoms with van der Waals surface area (Å²) in [6.45, 7) is 0.439. The van der Waals surface area contributed by atoms with Gasteiger partial charge < -0.3 is 4.90 Å². The van der Waals surface area contributed by atoms with Crippen LogP contribution in [-0.4, -0.2) is 36.0 Å². The molecule has 0 aliphatic carbocycles. The van der Waals surface area contributed by atoms with Crippen LogP contribution in [0.1, 0.15) is 33.2 Å². The van der Waals surface area contributed by atoms with E-state index in [1.54, 1.807) is 23.0 Å². The number of aromatic nitrogens is 5. The van der Waals surface area contributed by atoms with E-state index in [2.05, 4.69) is 20.5 Å². The van der Waals surface area contributed by atoms with Gasteiger partial charge in [-0.3, -0.25) is 14.6 Å². The number of nitrogens with one attached hydrogen (secondary N) is 1. The van der Waals surface area contributed by atoms with Gasteiger partial charge in [0.2, 0.25) is 0 Å². The Bertz CT molecular complexity index is 1230. The number of aromatic amines is 1. The van der Waals surface area contributed by atoms with E-state index in [-0.39, 0.29) is 11.9 Å². The van der Waals surface area contributed by atoms with Crippen LogP contribution in [0, 0.1) is 0 Å². The average molecular weight is 427 g/mol. The Morgan fingerprint density at radius 2 is 2.03 bits per heavy atom. The molecule has 0 spiro atoms. The molecule has 1 atom stereocenters. The minimum absolute atomic E-state index is 0.0276. The van der Waals surface area contributed by atoms with Crippen LogP contribution in [0.15, 0.2) is 42.6 Å². The molecule has 0 radical (unpaired) electrons. The number of halogens is 2. The first-order valence-corrected chi connectivity index (χ1v) is 9.83. The Kier molecular flexibility index (Phi) is 4.29. The van der Waals surface area contributed by atoms with E-state index in [0.717, 1.165) is 27.9 Å². The van der Waals surface area contributed by atoms with Crippen molar-refractivity contribution in [3.63, 3.8) is 0 Å². The Hall–Kier alpha value is -2.90. The van der Waals surface area contributed by atoms with Gasteiger partial charge in [-0.25, -0.2) is 0 Å². The first kappa shape index (κ1) is 18.1. The highest BCUT2D eigenvalue weighted by molar-refractivity contribution is 6.31. The van der Waals surface area contributed by atoms with Gasteiger partial charge in [-0.15, -0.1) is 5.10 Å². The predicted molar refractivity (Wildman–Crippen MR) is 110 cm³/mol. The molecule has 1 unspecified atom stereocenters. The van der Waals surface area contributed by atoms with Crippen LogP contribution in [0.25, 0.3) is 11.0 Å². The van der Waals surface area contributed by atoms with Crippen LogP contribution in [0.3, 0.4) is 0 Å². The van der Waals surface area contributed by atoms with Gasteiger partial charge in [0.05, 0.1) is 28.5 Å². The van der Waals surface area contributed by atoms with Crippen LogP contribution in [0.5, 0.6) is 0 Å². The maximum atomic E-state index is 13.2. The molecular weight excluding hydrogens is 411 g/mol. The molecule has 7 nitrogen and oxygen atoms in total. The summed E-state index contributed by atoms with van der Waals surface area (Å²) in [6.07, 6.45) is 2.16. The molecule has 4 aromatic rings. The SMILES string of the molecule is Cn1ncc(Cl)c1CC1c2cc(Cl)ccc2C(=O)N1Cc1ccc2[nH]nnc2c1. The van der Waals surface area contributed by atoms with Gasteiger partial charge in [-0.1, -0.05) is 34.5 Å². The summed E-state index contributed by atoms with van der Waals surface area (Å²) in [6, 6.07) is 11.0. The van der Waals surface area contributed by atoms with E-state index in [0.29, 0.717) is 28.6 Å². The molecule has 5 rings (SSSR count). The molecule has 0 saturated carbocycles. The monoisotopic (exact) mass is 426 g/mol. The standard InChI is InChI=1S/C20H16Cl2N6O/c1-27-19(15(22)9-23-27)8-18-14-7-12(21)3-4-13(14)20(29)28(18)10-11-2-5-16-17(6-11)25-26-24-16/h2-7,9,18H,8,10H2,1H3,(H,24,25,26). The van der Waals surface area contributed by atoms with Gasteiger partial charge in [0.25, 0.3) is 5.91 Å². The van der Waals surface area contributed by atoms with Crippen molar-refractivity contribution >= 4 is 40.1 Å². The van der Waals surface area contributed by atoms with Gasteiger partial charge in [-0.05, 0) is 41.5 Å². The summed E-state index contributed by atoms with van der Waals surface area (Å²) in [5, 5.41) is 16.1. The van der Waals surface area contributed by atoms with Gasteiger partial charge >= 0.3 is 0 Å². The molecule has 2 aromatic heterocycles. The highest BCUT2D eigenvalue weighted by atomic mass is 35.5. The van der Waals surface area contributed by atoms with Gasteiger partial charge in [0, 0.05) is 30.6 Å². The van der Waals surface area contributed by atoms with Crippen LogP contribution in [-0.2, 0) is 20.0 Å². The number of aryl methyl sites for hydroxylation is 1. The van der Waals surface area contributed by atoms with Crippen LogP contribution in [0.2, 0.25) is 10.0 Å². The third-order valence-electron chi connectivity index (χ3n) is 5.38. The van der Waals surface area contributed by atoms with Crippen molar-refractivity contribution in [1.82, 2.24) is 30.1 Å².